The van der Waals surface area contributed by atoms with Crippen molar-refractivity contribution in [2.24, 2.45) is 5.92 Å². The predicted molar refractivity (Wildman–Crippen MR) is 83.6 cm³/mol. The second-order valence-electron chi connectivity index (χ2n) is 6.23. The summed E-state index contributed by atoms with van der Waals surface area (Å²) >= 11 is 0. The third-order valence-corrected chi connectivity index (χ3v) is 5.14. The SMILES string of the molecule is CCOC(=O)C1CC2(O)c3ccccc3C1(O)c1ccccc12. The Kier molecular flexibility index (Phi) is 2.92. The van der Waals surface area contributed by atoms with Gasteiger partial charge in [0.25, 0.3) is 0 Å². The third-order valence-electron chi connectivity index (χ3n) is 5.14. The van der Waals surface area contributed by atoms with Crippen LogP contribution in [-0.2, 0) is 20.7 Å². The number of rotatable bonds is 2. The van der Waals surface area contributed by atoms with E-state index in [0.29, 0.717) is 22.3 Å². The van der Waals surface area contributed by atoms with Crippen LogP contribution in [0.15, 0.2) is 48.5 Å². The summed E-state index contributed by atoms with van der Waals surface area (Å²) in [4.78, 5) is 12.5. The Labute approximate surface area is 134 Å². The number of carbonyl (C=O) groups excluding carboxylic acids is 1. The zero-order chi connectivity index (χ0) is 16.2. The van der Waals surface area contributed by atoms with E-state index < -0.39 is 23.1 Å². The molecule has 3 aliphatic rings. The van der Waals surface area contributed by atoms with E-state index in [0.717, 1.165) is 0 Å². The highest BCUT2D eigenvalue weighted by Gasteiger charge is 2.62. The summed E-state index contributed by atoms with van der Waals surface area (Å²) in [6.45, 7) is 1.98. The standard InChI is InChI=1S/C19H18O4/c1-2-23-17(20)16-11-18(21)12-7-3-5-9-14(12)19(16,22)15-10-6-4-8-13(15)18/h3-10,16,21-22H,2,11H2,1H3. The van der Waals surface area contributed by atoms with Crippen molar-refractivity contribution in [3.05, 3.63) is 70.8 Å². The molecule has 118 valence electrons. The summed E-state index contributed by atoms with van der Waals surface area (Å²) in [5.74, 6) is -1.30. The zero-order valence-electron chi connectivity index (χ0n) is 12.8. The zero-order valence-corrected chi connectivity index (χ0v) is 12.8. The Balaban J connectivity index is 2.03. The second-order valence-corrected chi connectivity index (χ2v) is 6.23. The summed E-state index contributed by atoms with van der Waals surface area (Å²) in [7, 11) is 0. The molecular formula is C19H18O4. The lowest BCUT2D eigenvalue weighted by molar-refractivity contribution is -0.166. The van der Waals surface area contributed by atoms with E-state index in [4.69, 9.17) is 4.74 Å². The highest BCUT2D eigenvalue weighted by atomic mass is 16.5. The van der Waals surface area contributed by atoms with Gasteiger partial charge in [0.1, 0.15) is 11.2 Å². The molecule has 0 saturated heterocycles. The summed E-state index contributed by atoms with van der Waals surface area (Å²) in [6, 6.07) is 14.5. The lowest BCUT2D eigenvalue weighted by atomic mass is 9.54. The van der Waals surface area contributed by atoms with Crippen LogP contribution in [0.3, 0.4) is 0 Å². The molecule has 0 radical (unpaired) electrons. The number of hydrogen-bond acceptors (Lipinski definition) is 4. The Morgan fingerprint density at radius 1 is 1.04 bits per heavy atom. The van der Waals surface area contributed by atoms with E-state index in [2.05, 4.69) is 0 Å². The van der Waals surface area contributed by atoms with E-state index in [9.17, 15) is 15.0 Å². The molecule has 0 aliphatic heterocycles. The highest BCUT2D eigenvalue weighted by Crippen LogP contribution is 2.59. The average molecular weight is 310 g/mol. The van der Waals surface area contributed by atoms with Crippen molar-refractivity contribution in [1.82, 2.24) is 0 Å². The Morgan fingerprint density at radius 3 is 2.00 bits per heavy atom. The number of ether oxygens (including phenoxy) is 1. The van der Waals surface area contributed by atoms with Gasteiger partial charge in [0, 0.05) is 6.42 Å². The topological polar surface area (TPSA) is 66.8 Å². The first-order valence-electron chi connectivity index (χ1n) is 7.85. The van der Waals surface area contributed by atoms with Gasteiger partial charge in [0.2, 0.25) is 0 Å². The maximum atomic E-state index is 12.5. The summed E-state index contributed by atoms with van der Waals surface area (Å²) < 4.78 is 5.16. The van der Waals surface area contributed by atoms with Crippen LogP contribution in [0, 0.1) is 5.92 Å². The molecular weight excluding hydrogens is 292 g/mol. The van der Waals surface area contributed by atoms with Crippen LogP contribution < -0.4 is 0 Å². The molecule has 0 aromatic heterocycles. The van der Waals surface area contributed by atoms with Gasteiger partial charge in [-0.05, 0) is 29.2 Å². The van der Waals surface area contributed by atoms with Gasteiger partial charge in [-0.3, -0.25) is 4.79 Å². The second kappa shape index (κ2) is 4.66. The fraction of sp³-hybridized carbons (Fsp3) is 0.316. The molecule has 2 bridgehead atoms. The van der Waals surface area contributed by atoms with E-state index in [1.807, 2.05) is 36.4 Å². The first-order valence-corrected chi connectivity index (χ1v) is 7.85. The third kappa shape index (κ3) is 1.65. The molecule has 5 rings (SSSR count). The van der Waals surface area contributed by atoms with E-state index >= 15 is 0 Å². The van der Waals surface area contributed by atoms with Crippen LogP contribution in [-0.4, -0.2) is 22.8 Å². The van der Waals surface area contributed by atoms with Crippen molar-refractivity contribution in [1.29, 1.82) is 0 Å². The molecule has 3 aliphatic carbocycles. The molecule has 4 nitrogen and oxygen atoms in total. The average Bonchev–Trinajstić information content (AvgIpc) is 2.58. The first-order chi connectivity index (χ1) is 11.0. The van der Waals surface area contributed by atoms with Crippen LogP contribution in [0.1, 0.15) is 35.6 Å². The maximum Gasteiger partial charge on any atom is 0.312 e. The van der Waals surface area contributed by atoms with Gasteiger partial charge in [0.15, 0.2) is 0 Å². The minimum atomic E-state index is -1.47. The molecule has 2 N–H and O–H groups in total. The number of esters is 1. The Bertz CT molecular complexity index is 748. The molecule has 2 aromatic carbocycles. The van der Waals surface area contributed by atoms with Gasteiger partial charge in [0.05, 0.1) is 12.5 Å². The smallest absolute Gasteiger partial charge is 0.312 e. The molecule has 0 spiro atoms. The fourth-order valence-electron chi connectivity index (χ4n) is 4.18. The summed E-state index contributed by atoms with van der Waals surface area (Å²) in [5.41, 5.74) is -0.238. The van der Waals surface area contributed by atoms with Crippen molar-refractivity contribution in [3.63, 3.8) is 0 Å². The number of aliphatic hydroxyl groups is 2. The van der Waals surface area contributed by atoms with Gasteiger partial charge in [-0.1, -0.05) is 48.5 Å². The van der Waals surface area contributed by atoms with Crippen LogP contribution in [0.4, 0.5) is 0 Å². The Hall–Kier alpha value is -2.17. The van der Waals surface area contributed by atoms with Gasteiger partial charge in [-0.2, -0.15) is 0 Å². The maximum absolute atomic E-state index is 12.5. The van der Waals surface area contributed by atoms with Crippen molar-refractivity contribution >= 4 is 5.97 Å². The molecule has 1 atom stereocenters. The van der Waals surface area contributed by atoms with Crippen LogP contribution in [0.25, 0.3) is 0 Å². The lowest BCUT2D eigenvalue weighted by Gasteiger charge is -2.53. The number of hydrogen-bond donors (Lipinski definition) is 2. The number of carbonyl (C=O) groups is 1. The quantitative estimate of drug-likeness (QED) is 0.833. The van der Waals surface area contributed by atoms with Crippen molar-refractivity contribution in [2.75, 3.05) is 6.61 Å². The van der Waals surface area contributed by atoms with Crippen molar-refractivity contribution in [3.8, 4) is 0 Å². The van der Waals surface area contributed by atoms with E-state index in [1.165, 1.54) is 0 Å². The predicted octanol–water partition coefficient (Wildman–Crippen LogP) is 2.05. The summed E-state index contributed by atoms with van der Waals surface area (Å²) in [6.07, 6.45) is 0.121. The Morgan fingerprint density at radius 2 is 1.52 bits per heavy atom. The molecule has 0 fully saturated rings. The minimum absolute atomic E-state index is 0.121. The van der Waals surface area contributed by atoms with Crippen LogP contribution >= 0.6 is 0 Å². The molecule has 0 heterocycles. The van der Waals surface area contributed by atoms with Gasteiger partial charge in [-0.25, -0.2) is 0 Å². The molecule has 0 saturated carbocycles. The van der Waals surface area contributed by atoms with E-state index in [1.54, 1.807) is 19.1 Å². The fourth-order valence-corrected chi connectivity index (χ4v) is 4.18. The normalized spacial score (nSPS) is 30.5. The number of benzene rings is 2. The highest BCUT2D eigenvalue weighted by molar-refractivity contribution is 5.79. The molecule has 2 aromatic rings. The van der Waals surface area contributed by atoms with Crippen molar-refractivity contribution < 1.29 is 19.7 Å². The van der Waals surface area contributed by atoms with Gasteiger partial charge in [-0.15, -0.1) is 0 Å². The van der Waals surface area contributed by atoms with Gasteiger partial charge < -0.3 is 14.9 Å². The summed E-state index contributed by atoms with van der Waals surface area (Å²) in [5, 5.41) is 23.0. The lowest BCUT2D eigenvalue weighted by Crippen LogP contribution is -2.57. The largest absolute Gasteiger partial charge is 0.466 e. The molecule has 0 amide bonds. The van der Waals surface area contributed by atoms with Crippen LogP contribution in [0.2, 0.25) is 0 Å². The van der Waals surface area contributed by atoms with E-state index in [-0.39, 0.29) is 13.0 Å². The van der Waals surface area contributed by atoms with Crippen LogP contribution in [0.5, 0.6) is 0 Å². The molecule has 23 heavy (non-hydrogen) atoms. The van der Waals surface area contributed by atoms with Crippen molar-refractivity contribution in [2.45, 2.75) is 24.5 Å². The molecule has 4 heteroatoms. The van der Waals surface area contributed by atoms with Gasteiger partial charge >= 0.3 is 5.97 Å². The number of fused-ring (bicyclic) bond motifs is 1. The minimum Gasteiger partial charge on any atom is -0.466 e. The monoisotopic (exact) mass is 310 g/mol. The first kappa shape index (κ1) is 14.4. The molecule has 1 unspecified atom stereocenters.